The summed E-state index contributed by atoms with van der Waals surface area (Å²) in [4.78, 5) is 18.7. The van der Waals surface area contributed by atoms with Crippen LogP contribution in [0.4, 0.5) is 0 Å². The minimum absolute atomic E-state index is 0.355. The highest BCUT2D eigenvalue weighted by molar-refractivity contribution is 7.15. The number of rotatable bonds is 3. The molecule has 1 aromatic rings. The first-order valence-electron chi connectivity index (χ1n) is 4.75. The molecule has 0 amide bonds. The first-order valence-corrected chi connectivity index (χ1v) is 5.94. The molecular weight excluding hydrogens is 266 g/mol. The van der Waals surface area contributed by atoms with Crippen LogP contribution in [0.15, 0.2) is 16.6 Å². The van der Waals surface area contributed by atoms with Crippen LogP contribution >= 0.6 is 22.9 Å². The van der Waals surface area contributed by atoms with Gasteiger partial charge in [0.2, 0.25) is 5.96 Å². The summed E-state index contributed by atoms with van der Waals surface area (Å²) in [6.45, 7) is 1.27. The van der Waals surface area contributed by atoms with Crippen LogP contribution in [0.5, 0.6) is 0 Å². The van der Waals surface area contributed by atoms with E-state index in [4.69, 9.17) is 16.3 Å². The number of thiazole rings is 1. The lowest BCUT2D eigenvalue weighted by molar-refractivity contribution is -0.0210. The second-order valence-corrected chi connectivity index (χ2v) is 5.12. The average molecular weight is 276 g/mol. The average Bonchev–Trinajstić information content (AvgIpc) is 2.69. The number of nitrogens with zero attached hydrogens (tertiary/aromatic N) is 5. The Balaban J connectivity index is 2.12. The van der Waals surface area contributed by atoms with E-state index in [9.17, 15) is 4.91 Å². The molecule has 1 aliphatic rings. The third-order valence-corrected chi connectivity index (χ3v) is 3.26. The fourth-order valence-corrected chi connectivity index (χ4v) is 2.48. The molecule has 0 radical (unpaired) electrons. The maximum Gasteiger partial charge on any atom is 0.228 e. The van der Waals surface area contributed by atoms with Gasteiger partial charge in [0.25, 0.3) is 0 Å². The molecule has 1 saturated heterocycles. The molecule has 0 atom stereocenters. The highest BCUT2D eigenvalue weighted by atomic mass is 35.5. The number of nitroso groups, excluding NO2 is 1. The van der Waals surface area contributed by atoms with E-state index in [1.807, 2.05) is 0 Å². The van der Waals surface area contributed by atoms with E-state index >= 15 is 0 Å². The summed E-state index contributed by atoms with van der Waals surface area (Å²) in [5, 5.41) is 6.13. The van der Waals surface area contributed by atoms with Crippen molar-refractivity contribution in [2.24, 2.45) is 10.4 Å². The van der Waals surface area contributed by atoms with Crippen molar-refractivity contribution in [2.75, 3.05) is 20.5 Å². The van der Waals surface area contributed by atoms with Gasteiger partial charge in [0.1, 0.15) is 13.5 Å². The molecular formula is C8H10ClN5O2S. The van der Waals surface area contributed by atoms with Gasteiger partial charge in [-0.1, -0.05) is 16.7 Å². The van der Waals surface area contributed by atoms with Gasteiger partial charge >= 0.3 is 0 Å². The molecule has 1 aliphatic heterocycles. The molecule has 0 aliphatic carbocycles. The Bertz CT molecular complexity index is 437. The van der Waals surface area contributed by atoms with E-state index in [1.54, 1.807) is 23.0 Å². The lowest BCUT2D eigenvalue weighted by Crippen LogP contribution is -2.49. The van der Waals surface area contributed by atoms with Crippen LogP contribution in [0.3, 0.4) is 0 Å². The van der Waals surface area contributed by atoms with Crippen molar-refractivity contribution in [2.45, 2.75) is 6.54 Å². The third-order valence-electron chi connectivity index (χ3n) is 2.16. The van der Waals surface area contributed by atoms with E-state index in [2.05, 4.69) is 15.4 Å². The van der Waals surface area contributed by atoms with Crippen molar-refractivity contribution >= 4 is 28.9 Å². The van der Waals surface area contributed by atoms with Crippen LogP contribution in [0, 0.1) is 4.91 Å². The Kier molecular flexibility index (Phi) is 3.87. The second kappa shape index (κ2) is 5.39. The predicted molar refractivity (Wildman–Crippen MR) is 64.5 cm³/mol. The second-order valence-electron chi connectivity index (χ2n) is 3.42. The van der Waals surface area contributed by atoms with Crippen LogP contribution in [-0.2, 0) is 11.3 Å². The van der Waals surface area contributed by atoms with Gasteiger partial charge < -0.3 is 14.5 Å². The number of ether oxygens (including phenoxy) is 1. The normalized spacial score (nSPS) is 18.8. The summed E-state index contributed by atoms with van der Waals surface area (Å²) in [7, 11) is 1.77. The summed E-state index contributed by atoms with van der Waals surface area (Å²) in [6.07, 6.45) is 1.69. The van der Waals surface area contributed by atoms with E-state index < -0.39 is 0 Å². The third kappa shape index (κ3) is 2.90. The Labute approximate surface area is 107 Å². The molecule has 0 bridgehead atoms. The molecule has 0 N–H and O–H groups in total. The van der Waals surface area contributed by atoms with E-state index in [-0.39, 0.29) is 0 Å². The fourth-order valence-electron chi connectivity index (χ4n) is 1.48. The molecule has 17 heavy (non-hydrogen) atoms. The Morgan fingerprint density at radius 3 is 3.12 bits per heavy atom. The van der Waals surface area contributed by atoms with E-state index in [1.165, 1.54) is 11.3 Å². The maximum absolute atomic E-state index is 10.3. The Morgan fingerprint density at radius 1 is 1.65 bits per heavy atom. The molecule has 2 rings (SSSR count). The van der Waals surface area contributed by atoms with Gasteiger partial charge in [0.15, 0.2) is 4.47 Å². The molecule has 1 aromatic heterocycles. The number of aromatic nitrogens is 1. The van der Waals surface area contributed by atoms with Gasteiger partial charge in [-0.2, -0.15) is 0 Å². The first-order chi connectivity index (χ1) is 8.20. The molecule has 0 spiro atoms. The van der Waals surface area contributed by atoms with Gasteiger partial charge in [-0.25, -0.2) is 4.98 Å². The number of hydrogen-bond acceptors (Lipinski definition) is 5. The summed E-state index contributed by atoms with van der Waals surface area (Å²) in [5.41, 5.74) is 0. The van der Waals surface area contributed by atoms with Crippen LogP contribution in [0.1, 0.15) is 4.88 Å². The lowest BCUT2D eigenvalue weighted by Gasteiger charge is -2.35. The zero-order chi connectivity index (χ0) is 12.3. The van der Waals surface area contributed by atoms with E-state index in [0.717, 1.165) is 4.88 Å². The number of hydrogen-bond donors (Lipinski definition) is 0. The molecule has 2 heterocycles. The zero-order valence-electron chi connectivity index (χ0n) is 9.04. The minimum atomic E-state index is 0.355. The van der Waals surface area contributed by atoms with Crippen molar-refractivity contribution in [3.8, 4) is 0 Å². The summed E-state index contributed by atoms with van der Waals surface area (Å²) >= 11 is 7.13. The largest absolute Gasteiger partial charge is 0.341 e. The molecule has 0 saturated carbocycles. The van der Waals surface area contributed by atoms with Crippen LogP contribution in [-0.4, -0.2) is 41.3 Å². The predicted octanol–water partition coefficient (Wildman–Crippen LogP) is 1.51. The van der Waals surface area contributed by atoms with Crippen molar-refractivity contribution in [1.29, 1.82) is 0 Å². The lowest BCUT2D eigenvalue weighted by atomic mass is 10.5. The molecule has 1 fully saturated rings. The standard InChI is InChI=1S/C8H10ClN5O2S/c1-13-4-16-5-14(8(13)11-12-15)3-6-2-10-7(9)17-6/h2H,3-5H2,1H3/b11-8+. The molecule has 92 valence electrons. The number of guanidine groups is 1. The van der Waals surface area contributed by atoms with Crippen molar-refractivity contribution in [1.82, 2.24) is 14.8 Å². The van der Waals surface area contributed by atoms with Crippen LogP contribution in [0.25, 0.3) is 0 Å². The molecule has 9 heteroatoms. The van der Waals surface area contributed by atoms with Gasteiger partial charge in [0, 0.05) is 18.1 Å². The topological polar surface area (TPSA) is 70.4 Å². The highest BCUT2D eigenvalue weighted by Gasteiger charge is 2.22. The highest BCUT2D eigenvalue weighted by Crippen LogP contribution is 2.20. The van der Waals surface area contributed by atoms with Gasteiger partial charge in [-0.05, 0) is 0 Å². The SMILES string of the molecule is CN1COCN(Cc2cnc(Cl)s2)/C1=N/N=O. The molecule has 0 aromatic carbocycles. The molecule has 0 unspecified atom stereocenters. The smallest absolute Gasteiger partial charge is 0.228 e. The van der Waals surface area contributed by atoms with Crippen molar-refractivity contribution in [3.63, 3.8) is 0 Å². The zero-order valence-corrected chi connectivity index (χ0v) is 10.6. The molecule has 7 nitrogen and oxygen atoms in total. The minimum Gasteiger partial charge on any atom is -0.341 e. The van der Waals surface area contributed by atoms with E-state index in [0.29, 0.717) is 30.4 Å². The van der Waals surface area contributed by atoms with Crippen LogP contribution < -0.4 is 0 Å². The van der Waals surface area contributed by atoms with Crippen molar-refractivity contribution < 1.29 is 4.74 Å². The Hall–Kier alpha value is -1.25. The summed E-state index contributed by atoms with van der Waals surface area (Å²) in [5.74, 6) is 0.482. The summed E-state index contributed by atoms with van der Waals surface area (Å²) < 4.78 is 5.81. The van der Waals surface area contributed by atoms with Crippen LogP contribution in [0.2, 0.25) is 4.47 Å². The maximum atomic E-state index is 10.3. The van der Waals surface area contributed by atoms with Crippen molar-refractivity contribution in [3.05, 3.63) is 20.4 Å². The first kappa shape index (κ1) is 12.2. The van der Waals surface area contributed by atoms with Gasteiger partial charge in [0.05, 0.1) is 11.8 Å². The fraction of sp³-hybridized carbons (Fsp3) is 0.500. The quantitative estimate of drug-likeness (QED) is 0.618. The number of halogens is 1. The van der Waals surface area contributed by atoms with Gasteiger partial charge in [-0.3, -0.25) is 0 Å². The Morgan fingerprint density at radius 2 is 2.47 bits per heavy atom. The summed E-state index contributed by atoms with van der Waals surface area (Å²) in [6, 6.07) is 0. The van der Waals surface area contributed by atoms with Gasteiger partial charge in [-0.15, -0.1) is 16.2 Å². The monoisotopic (exact) mass is 275 g/mol.